The van der Waals surface area contributed by atoms with E-state index in [1.807, 2.05) is 0 Å². The molecule has 2 aliphatic rings. The van der Waals surface area contributed by atoms with Crippen molar-refractivity contribution in [1.82, 2.24) is 0 Å². The summed E-state index contributed by atoms with van der Waals surface area (Å²) in [7, 11) is 1.65. The van der Waals surface area contributed by atoms with Crippen molar-refractivity contribution in [2.24, 2.45) is 5.92 Å². The average molecular weight is 346 g/mol. The first-order valence-electron chi connectivity index (χ1n) is 8.59. The van der Waals surface area contributed by atoms with Crippen LogP contribution >= 0.6 is 0 Å². The molecule has 1 saturated carbocycles. The Morgan fingerprint density at radius 2 is 2.08 bits per heavy atom. The van der Waals surface area contributed by atoms with Gasteiger partial charge in [0.1, 0.15) is 5.82 Å². The molecule has 1 aromatic carbocycles. The Balaban J connectivity index is 2.00. The molecule has 5 heteroatoms. The number of cyclic esters (lactones) is 1. The molecule has 1 fully saturated rings. The fraction of sp³-hybridized carbons (Fsp3) is 0.450. The minimum atomic E-state index is -1.64. The number of methoxy groups -OCH3 is 1. The molecule has 1 aliphatic heterocycles. The molecule has 0 saturated heterocycles. The Morgan fingerprint density at radius 1 is 1.32 bits per heavy atom. The Morgan fingerprint density at radius 3 is 2.80 bits per heavy atom. The van der Waals surface area contributed by atoms with E-state index in [0.29, 0.717) is 16.7 Å². The summed E-state index contributed by atoms with van der Waals surface area (Å²) < 4.78 is 24.1. The zero-order valence-corrected chi connectivity index (χ0v) is 14.5. The highest BCUT2D eigenvalue weighted by Crippen LogP contribution is 2.43. The van der Waals surface area contributed by atoms with Gasteiger partial charge in [-0.25, -0.2) is 9.18 Å². The Labute approximate surface area is 146 Å². The molecule has 1 aromatic rings. The quantitative estimate of drug-likeness (QED) is 0.846. The van der Waals surface area contributed by atoms with E-state index in [1.54, 1.807) is 31.4 Å². The van der Waals surface area contributed by atoms with Crippen LogP contribution in [0.4, 0.5) is 4.39 Å². The summed E-state index contributed by atoms with van der Waals surface area (Å²) in [5.74, 6) is -2.62. The van der Waals surface area contributed by atoms with E-state index in [-0.39, 0.29) is 17.8 Å². The third-order valence-corrected chi connectivity index (χ3v) is 4.97. The molecule has 3 unspecified atom stereocenters. The monoisotopic (exact) mass is 346 g/mol. The third-order valence-electron chi connectivity index (χ3n) is 4.97. The fourth-order valence-corrected chi connectivity index (χ4v) is 3.85. The first kappa shape index (κ1) is 17.8. The van der Waals surface area contributed by atoms with Gasteiger partial charge in [-0.05, 0) is 36.6 Å². The van der Waals surface area contributed by atoms with Gasteiger partial charge < -0.3 is 14.6 Å². The van der Waals surface area contributed by atoms with Crippen LogP contribution in [-0.4, -0.2) is 30.1 Å². The van der Waals surface area contributed by atoms with Crippen molar-refractivity contribution in [3.05, 3.63) is 52.9 Å². The molecule has 0 amide bonds. The summed E-state index contributed by atoms with van der Waals surface area (Å²) in [6.45, 7) is 1.49. The summed E-state index contributed by atoms with van der Waals surface area (Å²) in [5.41, 5.74) is 1.54. The molecule has 134 valence electrons. The third kappa shape index (κ3) is 3.67. The van der Waals surface area contributed by atoms with Crippen molar-refractivity contribution in [3.63, 3.8) is 0 Å². The van der Waals surface area contributed by atoms with Crippen LogP contribution in [0.5, 0.6) is 0 Å². The van der Waals surface area contributed by atoms with Crippen LogP contribution < -0.4 is 0 Å². The molecule has 0 radical (unpaired) electrons. The number of ether oxygens (including phenoxy) is 2. The van der Waals surface area contributed by atoms with E-state index in [0.717, 1.165) is 25.7 Å². The van der Waals surface area contributed by atoms with Crippen molar-refractivity contribution < 1.29 is 23.8 Å². The molecule has 1 N–H and O–H groups in total. The van der Waals surface area contributed by atoms with E-state index in [9.17, 15) is 14.3 Å². The number of hydrogen-bond acceptors (Lipinski definition) is 4. The summed E-state index contributed by atoms with van der Waals surface area (Å²) in [6, 6.07) is 6.10. The maximum absolute atomic E-state index is 13.3. The van der Waals surface area contributed by atoms with Crippen LogP contribution in [0.25, 0.3) is 6.08 Å². The predicted molar refractivity (Wildman–Crippen MR) is 91.9 cm³/mol. The molecular weight excluding hydrogens is 323 g/mol. The van der Waals surface area contributed by atoms with Gasteiger partial charge in [-0.2, -0.15) is 0 Å². The summed E-state index contributed by atoms with van der Waals surface area (Å²) in [4.78, 5) is 12.3. The second kappa shape index (κ2) is 7.10. The lowest BCUT2D eigenvalue weighted by Gasteiger charge is -2.35. The van der Waals surface area contributed by atoms with Gasteiger partial charge in [0.05, 0.1) is 11.7 Å². The highest BCUT2D eigenvalue weighted by Gasteiger charge is 2.47. The van der Waals surface area contributed by atoms with Gasteiger partial charge in [-0.15, -0.1) is 0 Å². The zero-order chi connectivity index (χ0) is 18.0. The molecule has 4 nitrogen and oxygen atoms in total. The van der Waals surface area contributed by atoms with Crippen molar-refractivity contribution in [3.8, 4) is 0 Å². The predicted octanol–water partition coefficient (Wildman–Crippen LogP) is 3.61. The highest BCUT2D eigenvalue weighted by molar-refractivity contribution is 5.97. The molecule has 0 aromatic heterocycles. The minimum Gasteiger partial charge on any atom is -0.426 e. The van der Waals surface area contributed by atoms with Crippen LogP contribution in [0.2, 0.25) is 0 Å². The van der Waals surface area contributed by atoms with E-state index < -0.39 is 11.8 Å². The second-order valence-corrected chi connectivity index (χ2v) is 6.75. The van der Waals surface area contributed by atoms with Crippen molar-refractivity contribution in [1.29, 1.82) is 0 Å². The van der Waals surface area contributed by atoms with Crippen LogP contribution in [0.1, 0.15) is 38.2 Å². The standard InChI is InChI=1S/C20H23FO4/c1-20(23)18(15-8-3-4-9-17(15)24-2)16(19(22)25-20)11-10-13-6-5-7-14(21)12-13/h5-7,10-12,15,17,23H,3-4,8-9H2,1-2H3/b11-10+. The maximum Gasteiger partial charge on any atom is 0.341 e. The van der Waals surface area contributed by atoms with Crippen LogP contribution in [-0.2, 0) is 14.3 Å². The first-order valence-corrected chi connectivity index (χ1v) is 8.59. The molecule has 3 atom stereocenters. The number of rotatable bonds is 4. The van der Waals surface area contributed by atoms with Crippen molar-refractivity contribution in [2.75, 3.05) is 7.11 Å². The topological polar surface area (TPSA) is 55.8 Å². The summed E-state index contributed by atoms with van der Waals surface area (Å²) >= 11 is 0. The number of halogens is 1. The largest absolute Gasteiger partial charge is 0.426 e. The lowest BCUT2D eigenvalue weighted by Crippen LogP contribution is -2.37. The lowest BCUT2D eigenvalue weighted by atomic mass is 9.77. The Hall–Kier alpha value is -1.98. The SMILES string of the molecule is COC1CCCCC1C1=C(/C=C/c2cccc(F)c2)C(=O)OC1(C)O. The number of benzene rings is 1. The normalized spacial score (nSPS) is 30.2. The maximum atomic E-state index is 13.3. The van der Waals surface area contributed by atoms with Gasteiger partial charge in [0.15, 0.2) is 0 Å². The van der Waals surface area contributed by atoms with Gasteiger partial charge >= 0.3 is 5.97 Å². The van der Waals surface area contributed by atoms with Crippen molar-refractivity contribution >= 4 is 12.0 Å². The Bertz CT molecular complexity index is 720. The lowest BCUT2D eigenvalue weighted by molar-refractivity contribution is -0.178. The number of aliphatic hydroxyl groups is 1. The van der Waals surface area contributed by atoms with Gasteiger partial charge in [0.25, 0.3) is 0 Å². The molecule has 0 spiro atoms. The highest BCUT2D eigenvalue weighted by atomic mass is 19.1. The van der Waals surface area contributed by atoms with Gasteiger partial charge in [0.2, 0.25) is 5.79 Å². The van der Waals surface area contributed by atoms with Crippen LogP contribution in [0.3, 0.4) is 0 Å². The average Bonchev–Trinajstić information content (AvgIpc) is 2.81. The molecular formula is C20H23FO4. The summed E-state index contributed by atoms with van der Waals surface area (Å²) in [5, 5.41) is 10.7. The molecule has 1 heterocycles. The smallest absolute Gasteiger partial charge is 0.341 e. The van der Waals surface area contributed by atoms with E-state index >= 15 is 0 Å². The number of hydrogen-bond donors (Lipinski definition) is 1. The molecule has 25 heavy (non-hydrogen) atoms. The van der Waals surface area contributed by atoms with Gasteiger partial charge in [-0.1, -0.05) is 31.1 Å². The van der Waals surface area contributed by atoms with E-state index in [4.69, 9.17) is 9.47 Å². The van der Waals surface area contributed by atoms with E-state index in [1.165, 1.54) is 19.1 Å². The number of carbonyl (C=O) groups excluding carboxylic acids is 1. The minimum absolute atomic E-state index is 0.0534. The first-order chi connectivity index (χ1) is 11.9. The van der Waals surface area contributed by atoms with Gasteiger partial charge in [-0.3, -0.25) is 0 Å². The fourth-order valence-electron chi connectivity index (χ4n) is 3.85. The van der Waals surface area contributed by atoms with Gasteiger partial charge in [0, 0.05) is 25.5 Å². The summed E-state index contributed by atoms with van der Waals surface area (Å²) in [6.07, 6.45) is 7.00. The number of esters is 1. The molecule has 3 rings (SSSR count). The van der Waals surface area contributed by atoms with Crippen LogP contribution in [0.15, 0.2) is 41.5 Å². The molecule has 1 aliphatic carbocycles. The number of carbonyl (C=O) groups is 1. The van der Waals surface area contributed by atoms with Crippen LogP contribution in [0, 0.1) is 11.7 Å². The Kier molecular flexibility index (Phi) is 5.06. The zero-order valence-electron chi connectivity index (χ0n) is 14.5. The second-order valence-electron chi connectivity index (χ2n) is 6.75. The van der Waals surface area contributed by atoms with Crippen molar-refractivity contribution in [2.45, 2.75) is 44.5 Å². The van der Waals surface area contributed by atoms with E-state index in [2.05, 4.69) is 0 Å². The molecule has 0 bridgehead atoms.